The van der Waals surface area contributed by atoms with E-state index in [9.17, 15) is 9.59 Å². The molecular weight excluding hydrogens is 210 g/mol. The van der Waals surface area contributed by atoms with Gasteiger partial charge in [-0.2, -0.15) is 5.26 Å². The highest BCUT2D eigenvalue weighted by molar-refractivity contribution is 5.86. The highest BCUT2D eigenvalue weighted by Crippen LogP contribution is 2.29. The number of rotatable bonds is 2. The van der Waals surface area contributed by atoms with Gasteiger partial charge in [0.15, 0.2) is 5.41 Å². The van der Waals surface area contributed by atoms with Crippen LogP contribution in [0.4, 0.5) is 0 Å². The largest absolute Gasteiger partial charge is 0.377 e. The van der Waals surface area contributed by atoms with Gasteiger partial charge in [-0.05, 0) is 0 Å². The molecule has 2 rings (SSSR count). The molecular formula is C10H13N3O3. The molecule has 0 unspecified atom stereocenters. The SMILES string of the molecule is N#CC1(C(=O)N2CCN(C=O)CC2)COC1. The van der Waals surface area contributed by atoms with Crippen LogP contribution in [0.5, 0.6) is 0 Å². The normalized spacial score (nSPS) is 23.2. The topological polar surface area (TPSA) is 73.6 Å². The average Bonchev–Trinajstić information content (AvgIpc) is 2.28. The highest BCUT2D eigenvalue weighted by Gasteiger charge is 2.49. The molecule has 2 amide bonds. The third-order valence-corrected chi connectivity index (χ3v) is 3.07. The van der Waals surface area contributed by atoms with Gasteiger partial charge in [0.05, 0.1) is 19.3 Å². The Morgan fingerprint density at radius 1 is 1.31 bits per heavy atom. The van der Waals surface area contributed by atoms with E-state index in [1.807, 2.05) is 6.07 Å². The van der Waals surface area contributed by atoms with E-state index in [0.717, 1.165) is 6.41 Å². The molecule has 0 spiro atoms. The van der Waals surface area contributed by atoms with Crippen molar-refractivity contribution in [3.63, 3.8) is 0 Å². The smallest absolute Gasteiger partial charge is 0.247 e. The highest BCUT2D eigenvalue weighted by atomic mass is 16.5. The Hall–Kier alpha value is -1.61. The Morgan fingerprint density at radius 3 is 2.31 bits per heavy atom. The van der Waals surface area contributed by atoms with Crippen molar-refractivity contribution >= 4 is 12.3 Å². The van der Waals surface area contributed by atoms with Crippen molar-refractivity contribution in [3.05, 3.63) is 0 Å². The van der Waals surface area contributed by atoms with Gasteiger partial charge in [-0.3, -0.25) is 9.59 Å². The maximum Gasteiger partial charge on any atom is 0.247 e. The molecule has 0 saturated carbocycles. The number of carbonyl (C=O) groups excluding carboxylic acids is 2. The van der Waals surface area contributed by atoms with Gasteiger partial charge < -0.3 is 14.5 Å². The van der Waals surface area contributed by atoms with Crippen molar-refractivity contribution < 1.29 is 14.3 Å². The summed E-state index contributed by atoms with van der Waals surface area (Å²) >= 11 is 0. The summed E-state index contributed by atoms with van der Waals surface area (Å²) in [6.07, 6.45) is 0.786. The van der Waals surface area contributed by atoms with Gasteiger partial charge in [-0.1, -0.05) is 0 Å². The fraction of sp³-hybridized carbons (Fsp3) is 0.700. The Kier molecular flexibility index (Phi) is 2.79. The maximum atomic E-state index is 12.0. The van der Waals surface area contributed by atoms with Crippen LogP contribution in [-0.2, 0) is 14.3 Å². The lowest BCUT2D eigenvalue weighted by Crippen LogP contribution is -2.58. The maximum absolute atomic E-state index is 12.0. The van der Waals surface area contributed by atoms with Gasteiger partial charge in [-0.15, -0.1) is 0 Å². The van der Waals surface area contributed by atoms with Crippen LogP contribution >= 0.6 is 0 Å². The van der Waals surface area contributed by atoms with Crippen LogP contribution in [0.1, 0.15) is 0 Å². The number of amides is 2. The molecule has 2 saturated heterocycles. The van der Waals surface area contributed by atoms with Crippen LogP contribution in [-0.4, -0.2) is 61.5 Å². The van der Waals surface area contributed by atoms with E-state index in [1.54, 1.807) is 9.80 Å². The second kappa shape index (κ2) is 4.10. The van der Waals surface area contributed by atoms with Crippen LogP contribution in [0.3, 0.4) is 0 Å². The first kappa shape index (κ1) is 10.9. The number of nitriles is 1. The van der Waals surface area contributed by atoms with Crippen molar-refractivity contribution in [1.82, 2.24) is 9.80 Å². The van der Waals surface area contributed by atoms with Gasteiger partial charge >= 0.3 is 0 Å². The number of ether oxygens (including phenoxy) is 1. The van der Waals surface area contributed by atoms with Crippen molar-refractivity contribution in [2.24, 2.45) is 5.41 Å². The molecule has 86 valence electrons. The Bertz CT molecular complexity index is 338. The first-order valence-electron chi connectivity index (χ1n) is 5.19. The zero-order valence-electron chi connectivity index (χ0n) is 8.89. The summed E-state index contributed by atoms with van der Waals surface area (Å²) in [4.78, 5) is 25.8. The van der Waals surface area contributed by atoms with Crippen LogP contribution in [0.25, 0.3) is 0 Å². The predicted molar refractivity (Wildman–Crippen MR) is 53.1 cm³/mol. The second-order valence-corrected chi connectivity index (χ2v) is 4.12. The van der Waals surface area contributed by atoms with E-state index in [4.69, 9.17) is 10.00 Å². The molecule has 16 heavy (non-hydrogen) atoms. The summed E-state index contributed by atoms with van der Waals surface area (Å²) in [6, 6.07) is 2.04. The van der Waals surface area contributed by atoms with E-state index >= 15 is 0 Å². The average molecular weight is 223 g/mol. The number of nitrogens with zero attached hydrogens (tertiary/aromatic N) is 3. The van der Waals surface area contributed by atoms with E-state index in [1.165, 1.54) is 0 Å². The van der Waals surface area contributed by atoms with Crippen LogP contribution in [0.15, 0.2) is 0 Å². The molecule has 0 atom stereocenters. The molecule has 0 aromatic heterocycles. The van der Waals surface area contributed by atoms with Crippen molar-refractivity contribution in [1.29, 1.82) is 5.26 Å². The quantitative estimate of drug-likeness (QED) is 0.553. The Balaban J connectivity index is 1.97. The first-order valence-corrected chi connectivity index (χ1v) is 5.19. The lowest BCUT2D eigenvalue weighted by molar-refractivity contribution is -0.163. The lowest BCUT2D eigenvalue weighted by atomic mass is 9.86. The summed E-state index contributed by atoms with van der Waals surface area (Å²) in [6.45, 7) is 2.46. The molecule has 0 aromatic carbocycles. The Labute approximate surface area is 93.4 Å². The molecule has 0 radical (unpaired) electrons. The molecule has 2 aliphatic heterocycles. The molecule has 0 bridgehead atoms. The molecule has 2 fully saturated rings. The standard InChI is InChI=1S/C10H13N3O3/c11-5-10(6-16-7-10)9(15)13-3-1-12(8-14)2-4-13/h8H,1-4,6-7H2. The number of piperazine rings is 1. The van der Waals surface area contributed by atoms with Crippen LogP contribution in [0.2, 0.25) is 0 Å². The summed E-state index contributed by atoms with van der Waals surface area (Å²) in [7, 11) is 0. The minimum atomic E-state index is -0.969. The molecule has 0 aromatic rings. The molecule has 6 heteroatoms. The van der Waals surface area contributed by atoms with E-state index in [2.05, 4.69) is 0 Å². The molecule has 2 aliphatic rings. The van der Waals surface area contributed by atoms with Crippen molar-refractivity contribution in [2.45, 2.75) is 0 Å². The minimum absolute atomic E-state index is 0.160. The molecule has 0 N–H and O–H groups in total. The zero-order valence-corrected chi connectivity index (χ0v) is 8.89. The molecule has 2 heterocycles. The first-order chi connectivity index (χ1) is 7.72. The summed E-state index contributed by atoms with van der Waals surface area (Å²) in [5.74, 6) is -0.160. The van der Waals surface area contributed by atoms with E-state index in [-0.39, 0.29) is 19.1 Å². The fourth-order valence-corrected chi connectivity index (χ4v) is 1.88. The second-order valence-electron chi connectivity index (χ2n) is 4.12. The van der Waals surface area contributed by atoms with Crippen molar-refractivity contribution in [3.8, 4) is 6.07 Å². The van der Waals surface area contributed by atoms with Crippen LogP contribution in [0, 0.1) is 16.7 Å². The molecule has 6 nitrogen and oxygen atoms in total. The monoisotopic (exact) mass is 223 g/mol. The van der Waals surface area contributed by atoms with Crippen LogP contribution < -0.4 is 0 Å². The number of carbonyl (C=O) groups is 2. The fourth-order valence-electron chi connectivity index (χ4n) is 1.88. The third-order valence-electron chi connectivity index (χ3n) is 3.07. The van der Waals surface area contributed by atoms with Gasteiger partial charge in [0.1, 0.15) is 0 Å². The summed E-state index contributed by atoms with van der Waals surface area (Å²) in [5, 5.41) is 8.99. The van der Waals surface area contributed by atoms with Gasteiger partial charge in [0.25, 0.3) is 0 Å². The van der Waals surface area contributed by atoms with Crippen molar-refractivity contribution in [2.75, 3.05) is 39.4 Å². The summed E-state index contributed by atoms with van der Waals surface area (Å²) in [5.41, 5.74) is -0.969. The van der Waals surface area contributed by atoms with Gasteiger partial charge in [-0.25, -0.2) is 0 Å². The van der Waals surface area contributed by atoms with E-state index in [0.29, 0.717) is 26.2 Å². The van der Waals surface area contributed by atoms with E-state index < -0.39 is 5.41 Å². The Morgan fingerprint density at radius 2 is 1.94 bits per heavy atom. The van der Waals surface area contributed by atoms with Gasteiger partial charge in [0.2, 0.25) is 12.3 Å². The zero-order chi connectivity index (χ0) is 11.6. The number of hydrogen-bond acceptors (Lipinski definition) is 4. The minimum Gasteiger partial charge on any atom is -0.377 e. The third kappa shape index (κ3) is 1.63. The summed E-state index contributed by atoms with van der Waals surface area (Å²) < 4.78 is 4.95. The number of hydrogen-bond donors (Lipinski definition) is 0. The van der Waals surface area contributed by atoms with Gasteiger partial charge in [0, 0.05) is 26.2 Å². The lowest BCUT2D eigenvalue weighted by Gasteiger charge is -2.40. The predicted octanol–water partition coefficient (Wildman–Crippen LogP) is -1.17. The molecule has 0 aliphatic carbocycles.